The number of benzene rings is 1. The molecule has 6 heteroatoms. The molecule has 1 N–H and O–H groups in total. The molecule has 0 bridgehead atoms. The molecular formula is C16H13N5O. The molecule has 1 heterocycles. The fraction of sp³-hybridized carbons (Fsp3) is 0.250. The number of rotatable bonds is 3. The normalized spacial score (nSPS) is 14.6. The summed E-state index contributed by atoms with van der Waals surface area (Å²) in [6.45, 7) is 4.52. The standard InChI is InChI=1S/C16H13N5O/c1-16(2)10-22-15(21-16)11-3-5-13(6-4-11)20-14(9-19)12(7-17)8-18/h3-6,20H,10H2,1-2H3. The van der Waals surface area contributed by atoms with Crippen LogP contribution >= 0.6 is 0 Å². The average Bonchev–Trinajstić information content (AvgIpc) is 2.88. The Morgan fingerprint density at radius 2 is 1.77 bits per heavy atom. The SMILES string of the molecule is CC1(C)COC(c2ccc(NC(C#N)=C(C#N)C#N)cc2)=N1. The molecular weight excluding hydrogens is 278 g/mol. The van der Waals surface area contributed by atoms with Crippen molar-refractivity contribution in [2.75, 3.05) is 11.9 Å². The highest BCUT2D eigenvalue weighted by atomic mass is 16.5. The van der Waals surface area contributed by atoms with Gasteiger partial charge in [0.1, 0.15) is 30.5 Å². The highest BCUT2D eigenvalue weighted by molar-refractivity contribution is 5.95. The fourth-order valence-corrected chi connectivity index (χ4v) is 1.86. The molecule has 0 amide bonds. The van der Waals surface area contributed by atoms with E-state index >= 15 is 0 Å². The maximum Gasteiger partial charge on any atom is 0.216 e. The van der Waals surface area contributed by atoms with Gasteiger partial charge in [0.2, 0.25) is 5.90 Å². The first-order chi connectivity index (χ1) is 10.5. The Morgan fingerprint density at radius 1 is 1.14 bits per heavy atom. The van der Waals surface area contributed by atoms with Gasteiger partial charge in [-0.3, -0.25) is 0 Å². The minimum Gasteiger partial charge on any atom is -0.475 e. The van der Waals surface area contributed by atoms with E-state index in [9.17, 15) is 0 Å². The molecule has 2 rings (SSSR count). The molecule has 1 aromatic rings. The zero-order valence-electron chi connectivity index (χ0n) is 12.2. The van der Waals surface area contributed by atoms with Crippen LogP contribution in [0.2, 0.25) is 0 Å². The maximum absolute atomic E-state index is 8.99. The molecule has 0 saturated carbocycles. The lowest BCUT2D eigenvalue weighted by molar-refractivity contribution is 0.279. The monoisotopic (exact) mass is 291 g/mol. The van der Waals surface area contributed by atoms with Crippen molar-refractivity contribution in [3.05, 3.63) is 41.1 Å². The molecule has 0 radical (unpaired) electrons. The topological polar surface area (TPSA) is 105 Å². The minimum absolute atomic E-state index is 0.0756. The molecule has 108 valence electrons. The summed E-state index contributed by atoms with van der Waals surface area (Å²) in [6.07, 6.45) is 0. The second-order valence-corrected chi connectivity index (χ2v) is 5.31. The number of nitriles is 3. The number of aliphatic imine (C=N–C) groups is 1. The summed E-state index contributed by atoms with van der Waals surface area (Å²) in [4.78, 5) is 4.48. The lowest BCUT2D eigenvalue weighted by atomic mass is 10.1. The highest BCUT2D eigenvalue weighted by Gasteiger charge is 2.26. The van der Waals surface area contributed by atoms with Crippen molar-refractivity contribution in [1.82, 2.24) is 0 Å². The number of ether oxygens (including phenoxy) is 1. The summed E-state index contributed by atoms with van der Waals surface area (Å²) in [5, 5.41) is 29.3. The smallest absolute Gasteiger partial charge is 0.216 e. The van der Waals surface area contributed by atoms with E-state index in [-0.39, 0.29) is 16.8 Å². The van der Waals surface area contributed by atoms with Crippen LogP contribution in [0.3, 0.4) is 0 Å². The molecule has 0 fully saturated rings. The van der Waals surface area contributed by atoms with Crippen LogP contribution in [-0.4, -0.2) is 18.0 Å². The first kappa shape index (κ1) is 15.1. The van der Waals surface area contributed by atoms with Crippen molar-refractivity contribution in [2.45, 2.75) is 19.4 Å². The first-order valence-electron chi connectivity index (χ1n) is 6.54. The van der Waals surface area contributed by atoms with Crippen molar-refractivity contribution in [3.8, 4) is 18.2 Å². The Labute approximate surface area is 128 Å². The van der Waals surface area contributed by atoms with Crippen LogP contribution in [0.25, 0.3) is 0 Å². The number of nitrogens with zero attached hydrogens (tertiary/aromatic N) is 4. The number of hydrogen-bond donors (Lipinski definition) is 1. The molecule has 1 aliphatic rings. The van der Waals surface area contributed by atoms with E-state index in [2.05, 4.69) is 10.3 Å². The van der Waals surface area contributed by atoms with Gasteiger partial charge in [0.15, 0.2) is 5.57 Å². The summed E-state index contributed by atoms with van der Waals surface area (Å²) in [5.74, 6) is 0.585. The third-order valence-corrected chi connectivity index (χ3v) is 2.95. The van der Waals surface area contributed by atoms with Crippen molar-refractivity contribution in [1.29, 1.82) is 15.8 Å². The Kier molecular flexibility index (Phi) is 4.11. The van der Waals surface area contributed by atoms with Gasteiger partial charge in [-0.05, 0) is 38.1 Å². The predicted octanol–water partition coefficient (Wildman–Crippen LogP) is 2.48. The largest absolute Gasteiger partial charge is 0.475 e. The van der Waals surface area contributed by atoms with Gasteiger partial charge in [0.25, 0.3) is 0 Å². The van der Waals surface area contributed by atoms with Crippen LogP contribution in [0.5, 0.6) is 0 Å². The summed E-state index contributed by atoms with van der Waals surface area (Å²) in [5.41, 5.74) is 0.878. The van der Waals surface area contributed by atoms with Crippen LogP contribution in [0.15, 0.2) is 40.5 Å². The van der Waals surface area contributed by atoms with E-state index in [4.69, 9.17) is 20.5 Å². The highest BCUT2D eigenvalue weighted by Crippen LogP contribution is 2.22. The number of anilines is 1. The van der Waals surface area contributed by atoms with Crippen molar-refractivity contribution < 1.29 is 4.74 Å². The van der Waals surface area contributed by atoms with Crippen molar-refractivity contribution >= 4 is 11.6 Å². The lowest BCUT2D eigenvalue weighted by Gasteiger charge is -2.07. The first-order valence-corrected chi connectivity index (χ1v) is 6.54. The fourth-order valence-electron chi connectivity index (χ4n) is 1.86. The van der Waals surface area contributed by atoms with E-state index in [0.717, 1.165) is 5.56 Å². The van der Waals surface area contributed by atoms with E-state index < -0.39 is 0 Å². The molecule has 0 unspecified atom stereocenters. The molecule has 22 heavy (non-hydrogen) atoms. The molecule has 6 nitrogen and oxygen atoms in total. The molecule has 1 aromatic carbocycles. The summed E-state index contributed by atoms with van der Waals surface area (Å²) in [6, 6.07) is 12.2. The Morgan fingerprint density at radius 3 is 2.23 bits per heavy atom. The van der Waals surface area contributed by atoms with Crippen LogP contribution < -0.4 is 5.32 Å². The van der Waals surface area contributed by atoms with E-state index in [1.165, 1.54) is 0 Å². The second-order valence-electron chi connectivity index (χ2n) is 5.31. The third kappa shape index (κ3) is 3.23. The lowest BCUT2D eigenvalue weighted by Crippen LogP contribution is -2.17. The number of allylic oxidation sites excluding steroid dienone is 2. The van der Waals surface area contributed by atoms with Crippen LogP contribution in [0, 0.1) is 34.0 Å². The van der Waals surface area contributed by atoms with Crippen molar-refractivity contribution in [3.63, 3.8) is 0 Å². The summed E-state index contributed by atoms with van der Waals surface area (Å²) >= 11 is 0. The molecule has 0 atom stereocenters. The van der Waals surface area contributed by atoms with Crippen molar-refractivity contribution in [2.24, 2.45) is 4.99 Å². The minimum atomic E-state index is -0.253. The van der Waals surface area contributed by atoms with Crippen LogP contribution in [0.4, 0.5) is 5.69 Å². The quantitative estimate of drug-likeness (QED) is 0.861. The number of hydrogen-bond acceptors (Lipinski definition) is 6. The van der Waals surface area contributed by atoms with Crippen LogP contribution in [-0.2, 0) is 4.74 Å². The van der Waals surface area contributed by atoms with Gasteiger partial charge in [0, 0.05) is 11.3 Å². The van der Waals surface area contributed by atoms with E-state index in [1.807, 2.05) is 19.9 Å². The van der Waals surface area contributed by atoms with Gasteiger partial charge >= 0.3 is 0 Å². The third-order valence-electron chi connectivity index (χ3n) is 2.95. The van der Waals surface area contributed by atoms with Gasteiger partial charge in [-0.15, -0.1) is 0 Å². The second kappa shape index (κ2) is 5.99. The molecule has 1 aliphatic heterocycles. The Bertz CT molecular complexity index is 751. The average molecular weight is 291 g/mol. The zero-order chi connectivity index (χ0) is 16.2. The molecule has 0 spiro atoms. The van der Waals surface area contributed by atoms with Gasteiger partial charge < -0.3 is 10.1 Å². The van der Waals surface area contributed by atoms with Gasteiger partial charge in [-0.25, -0.2) is 4.99 Å². The summed E-state index contributed by atoms with van der Waals surface area (Å²) in [7, 11) is 0. The van der Waals surface area contributed by atoms with E-state index in [0.29, 0.717) is 18.2 Å². The Balaban J connectivity index is 2.21. The maximum atomic E-state index is 8.99. The van der Waals surface area contributed by atoms with Crippen LogP contribution in [0.1, 0.15) is 19.4 Å². The Hall–Kier alpha value is -3.30. The predicted molar refractivity (Wildman–Crippen MR) is 80.5 cm³/mol. The zero-order valence-corrected chi connectivity index (χ0v) is 12.2. The van der Waals surface area contributed by atoms with Gasteiger partial charge in [-0.1, -0.05) is 0 Å². The molecule has 0 aromatic heterocycles. The summed E-state index contributed by atoms with van der Waals surface area (Å²) < 4.78 is 5.55. The van der Waals surface area contributed by atoms with Gasteiger partial charge in [-0.2, -0.15) is 15.8 Å². The van der Waals surface area contributed by atoms with Gasteiger partial charge in [0.05, 0.1) is 5.54 Å². The van der Waals surface area contributed by atoms with E-state index in [1.54, 1.807) is 36.4 Å². The molecule has 0 aliphatic carbocycles. The molecule has 0 saturated heterocycles. The number of nitrogens with one attached hydrogen (secondary N) is 1.